The summed E-state index contributed by atoms with van der Waals surface area (Å²) < 4.78 is 29.1. The Labute approximate surface area is 126 Å². The zero-order valence-electron chi connectivity index (χ0n) is 13.2. The molecule has 1 atom stereocenters. The first-order valence-electron chi connectivity index (χ1n) is 7.23. The van der Waals surface area contributed by atoms with Crippen molar-refractivity contribution in [3.8, 4) is 0 Å². The molecule has 1 aliphatic heterocycles. The van der Waals surface area contributed by atoms with Gasteiger partial charge in [-0.15, -0.1) is 0 Å². The van der Waals surface area contributed by atoms with Crippen LogP contribution in [0.3, 0.4) is 0 Å². The molecule has 2 rings (SSSR count). The van der Waals surface area contributed by atoms with Crippen LogP contribution in [-0.4, -0.2) is 66.7 Å². The molecule has 1 aliphatic rings. The molecular formula is C13H25N5O2S. The molecule has 0 aliphatic carbocycles. The number of piperazine rings is 1. The van der Waals surface area contributed by atoms with Crippen molar-refractivity contribution in [2.75, 3.05) is 33.2 Å². The summed E-state index contributed by atoms with van der Waals surface area (Å²) in [7, 11) is -1.48. The van der Waals surface area contributed by atoms with Crippen LogP contribution in [0.25, 0.3) is 0 Å². The van der Waals surface area contributed by atoms with Gasteiger partial charge in [-0.05, 0) is 27.8 Å². The predicted molar refractivity (Wildman–Crippen MR) is 81.6 cm³/mol. The fourth-order valence-corrected chi connectivity index (χ4v) is 4.64. The lowest BCUT2D eigenvalue weighted by atomic mass is 10.2. The summed E-state index contributed by atoms with van der Waals surface area (Å²) in [5, 5.41) is 4.32. The standard InChI is InChI=1S/C13H25N5O2S/c1-10-9-17(8-7-16(10)4)21(19,20)13-11(2)15-18(6-5-14)12(13)3/h10H,5-9,14H2,1-4H3. The lowest BCUT2D eigenvalue weighted by Gasteiger charge is -2.36. The van der Waals surface area contributed by atoms with E-state index >= 15 is 0 Å². The normalized spacial score (nSPS) is 21.9. The maximum absolute atomic E-state index is 12.9. The van der Waals surface area contributed by atoms with Crippen molar-refractivity contribution < 1.29 is 8.42 Å². The SMILES string of the molecule is Cc1nn(CCN)c(C)c1S(=O)(=O)N1CCN(C)C(C)C1. The Balaban J connectivity index is 2.36. The number of hydrogen-bond acceptors (Lipinski definition) is 5. The third-order valence-electron chi connectivity index (χ3n) is 4.18. The second-order valence-electron chi connectivity index (χ2n) is 5.70. The Morgan fingerprint density at radius 1 is 1.33 bits per heavy atom. The largest absolute Gasteiger partial charge is 0.329 e. The lowest BCUT2D eigenvalue weighted by Crippen LogP contribution is -2.52. The fraction of sp³-hybridized carbons (Fsp3) is 0.769. The van der Waals surface area contributed by atoms with Crippen molar-refractivity contribution in [3.05, 3.63) is 11.4 Å². The highest BCUT2D eigenvalue weighted by Gasteiger charge is 2.34. The van der Waals surface area contributed by atoms with Crippen molar-refractivity contribution in [2.45, 2.75) is 38.3 Å². The van der Waals surface area contributed by atoms with Gasteiger partial charge in [0, 0.05) is 32.2 Å². The molecule has 0 bridgehead atoms. The van der Waals surface area contributed by atoms with E-state index in [-0.39, 0.29) is 6.04 Å². The van der Waals surface area contributed by atoms with E-state index in [1.165, 1.54) is 0 Å². The summed E-state index contributed by atoms with van der Waals surface area (Å²) in [6.07, 6.45) is 0. The summed E-state index contributed by atoms with van der Waals surface area (Å²) in [6.45, 7) is 8.32. The minimum absolute atomic E-state index is 0.216. The average Bonchev–Trinajstić information content (AvgIpc) is 2.68. The summed E-state index contributed by atoms with van der Waals surface area (Å²) in [5.74, 6) is 0. The van der Waals surface area contributed by atoms with E-state index in [1.807, 2.05) is 14.0 Å². The molecule has 1 aromatic rings. The Morgan fingerprint density at radius 3 is 2.57 bits per heavy atom. The second kappa shape index (κ2) is 6.04. The van der Waals surface area contributed by atoms with Crippen molar-refractivity contribution in [1.29, 1.82) is 0 Å². The third-order valence-corrected chi connectivity index (χ3v) is 6.29. The topological polar surface area (TPSA) is 84.5 Å². The minimum Gasteiger partial charge on any atom is -0.329 e. The maximum Gasteiger partial charge on any atom is 0.246 e. The quantitative estimate of drug-likeness (QED) is 0.830. The average molecular weight is 315 g/mol. The first kappa shape index (κ1) is 16.4. The Hall–Kier alpha value is -0.960. The molecule has 0 radical (unpaired) electrons. The molecule has 2 N–H and O–H groups in total. The molecular weight excluding hydrogens is 290 g/mol. The number of aromatic nitrogens is 2. The van der Waals surface area contributed by atoms with Gasteiger partial charge in [0.2, 0.25) is 10.0 Å². The Bertz CT molecular complexity index is 610. The number of aryl methyl sites for hydroxylation is 1. The van der Waals surface area contributed by atoms with Crippen LogP contribution in [0.1, 0.15) is 18.3 Å². The summed E-state index contributed by atoms with van der Waals surface area (Å²) >= 11 is 0. The lowest BCUT2D eigenvalue weighted by molar-refractivity contribution is 0.159. The zero-order valence-corrected chi connectivity index (χ0v) is 14.0. The van der Waals surface area contributed by atoms with Crippen molar-refractivity contribution >= 4 is 10.0 Å². The van der Waals surface area contributed by atoms with Gasteiger partial charge < -0.3 is 10.6 Å². The van der Waals surface area contributed by atoms with Gasteiger partial charge in [0.25, 0.3) is 0 Å². The van der Waals surface area contributed by atoms with E-state index in [1.54, 1.807) is 22.8 Å². The minimum atomic E-state index is -3.49. The molecule has 1 saturated heterocycles. The Kier molecular flexibility index (Phi) is 4.72. The van der Waals surface area contributed by atoms with Crippen molar-refractivity contribution in [3.63, 3.8) is 0 Å². The molecule has 1 aromatic heterocycles. The van der Waals surface area contributed by atoms with Gasteiger partial charge in [-0.25, -0.2) is 8.42 Å². The maximum atomic E-state index is 12.9. The molecule has 0 spiro atoms. The van der Waals surface area contributed by atoms with Gasteiger partial charge in [-0.1, -0.05) is 0 Å². The molecule has 8 heteroatoms. The predicted octanol–water partition coefficient (Wildman–Crippen LogP) is -0.217. The van der Waals surface area contributed by atoms with Crippen LogP contribution >= 0.6 is 0 Å². The number of nitrogens with two attached hydrogens (primary N) is 1. The van der Waals surface area contributed by atoms with Crippen molar-refractivity contribution in [1.82, 2.24) is 19.0 Å². The van der Waals surface area contributed by atoms with E-state index < -0.39 is 10.0 Å². The second-order valence-corrected chi connectivity index (χ2v) is 7.58. The number of likely N-dealkylation sites (N-methyl/N-ethyl adjacent to an activating group) is 1. The molecule has 0 amide bonds. The molecule has 7 nitrogen and oxygen atoms in total. The molecule has 0 saturated carbocycles. The van der Waals surface area contributed by atoms with E-state index in [0.717, 1.165) is 6.54 Å². The third kappa shape index (κ3) is 2.98. The first-order valence-corrected chi connectivity index (χ1v) is 8.67. The molecule has 1 unspecified atom stereocenters. The highest BCUT2D eigenvalue weighted by molar-refractivity contribution is 7.89. The van der Waals surface area contributed by atoms with Gasteiger partial charge in [-0.2, -0.15) is 9.40 Å². The number of rotatable bonds is 4. The smallest absolute Gasteiger partial charge is 0.246 e. The van der Waals surface area contributed by atoms with Crippen LogP contribution in [0.2, 0.25) is 0 Å². The molecule has 120 valence electrons. The number of nitrogens with zero attached hydrogens (tertiary/aromatic N) is 4. The van der Waals surface area contributed by atoms with E-state index in [0.29, 0.717) is 42.5 Å². The van der Waals surface area contributed by atoms with Gasteiger partial charge in [-0.3, -0.25) is 4.68 Å². The summed E-state index contributed by atoms with van der Waals surface area (Å²) in [5.41, 5.74) is 6.77. The van der Waals surface area contributed by atoms with E-state index in [9.17, 15) is 8.42 Å². The highest BCUT2D eigenvalue weighted by atomic mass is 32.2. The van der Waals surface area contributed by atoms with Gasteiger partial charge in [0.15, 0.2) is 0 Å². The number of hydrogen-bond donors (Lipinski definition) is 1. The van der Waals surface area contributed by atoms with Gasteiger partial charge in [0.05, 0.1) is 17.9 Å². The van der Waals surface area contributed by atoms with Gasteiger partial charge >= 0.3 is 0 Å². The van der Waals surface area contributed by atoms with Crippen LogP contribution in [0.15, 0.2) is 4.90 Å². The highest BCUT2D eigenvalue weighted by Crippen LogP contribution is 2.25. The fourth-order valence-electron chi connectivity index (χ4n) is 2.76. The van der Waals surface area contributed by atoms with Crippen LogP contribution < -0.4 is 5.73 Å². The van der Waals surface area contributed by atoms with Crippen LogP contribution in [-0.2, 0) is 16.6 Å². The molecule has 2 heterocycles. The summed E-state index contributed by atoms with van der Waals surface area (Å²) in [4.78, 5) is 2.51. The molecule has 21 heavy (non-hydrogen) atoms. The zero-order chi connectivity index (χ0) is 15.8. The van der Waals surface area contributed by atoms with E-state index in [4.69, 9.17) is 5.73 Å². The van der Waals surface area contributed by atoms with Gasteiger partial charge in [0.1, 0.15) is 4.90 Å². The van der Waals surface area contributed by atoms with Crippen LogP contribution in [0, 0.1) is 13.8 Å². The summed E-state index contributed by atoms with van der Waals surface area (Å²) in [6, 6.07) is 0.216. The van der Waals surface area contributed by atoms with Crippen LogP contribution in [0.5, 0.6) is 0 Å². The molecule has 0 aromatic carbocycles. The molecule has 1 fully saturated rings. The Morgan fingerprint density at radius 2 is 2.00 bits per heavy atom. The first-order chi connectivity index (χ1) is 9.78. The number of sulfonamides is 1. The van der Waals surface area contributed by atoms with Crippen LogP contribution in [0.4, 0.5) is 0 Å². The van der Waals surface area contributed by atoms with E-state index in [2.05, 4.69) is 10.00 Å². The monoisotopic (exact) mass is 315 g/mol. The van der Waals surface area contributed by atoms with Crippen molar-refractivity contribution in [2.24, 2.45) is 5.73 Å².